The Hall–Kier alpha value is -4.01. The van der Waals surface area contributed by atoms with E-state index in [9.17, 15) is 9.59 Å². The summed E-state index contributed by atoms with van der Waals surface area (Å²) in [6.45, 7) is 10.7. The SMILES string of the molecule is Cc1cc2c(c3cn[nH]c13)Cn1c(CC(C)(C)C)cnc1[C@H](CC(=O)N1CCC3(CC1)C(=O)Nc1ncccc13)C2. The number of piperidine rings is 1. The Kier molecular flexibility index (Phi) is 5.85. The van der Waals surface area contributed by atoms with Crippen LogP contribution in [0.1, 0.15) is 79.7 Å². The second-order valence-electron chi connectivity index (χ2n) is 13.3. The number of hydrogen-bond donors (Lipinski definition) is 2. The number of carbonyl (C=O) groups is 2. The number of H-pyrrole nitrogens is 1. The van der Waals surface area contributed by atoms with Gasteiger partial charge in [-0.05, 0) is 60.8 Å². The molecule has 3 aliphatic rings. The van der Waals surface area contributed by atoms with Gasteiger partial charge in [-0.25, -0.2) is 9.97 Å². The molecule has 0 bridgehead atoms. The highest BCUT2D eigenvalue weighted by Crippen LogP contribution is 2.44. The largest absolute Gasteiger partial charge is 0.343 e. The maximum atomic E-state index is 13.9. The van der Waals surface area contributed by atoms with Crippen LogP contribution in [0, 0.1) is 12.3 Å². The van der Waals surface area contributed by atoms with E-state index in [4.69, 9.17) is 4.98 Å². The number of benzene rings is 1. The zero-order chi connectivity index (χ0) is 28.5. The van der Waals surface area contributed by atoms with E-state index in [1.54, 1.807) is 6.20 Å². The van der Waals surface area contributed by atoms with E-state index in [0.717, 1.165) is 41.7 Å². The normalized spacial score (nSPS) is 19.6. The van der Waals surface area contributed by atoms with Crippen molar-refractivity contribution in [2.45, 2.75) is 77.7 Å². The molecule has 0 aliphatic carbocycles. The van der Waals surface area contributed by atoms with Gasteiger partial charge in [0, 0.05) is 54.5 Å². The van der Waals surface area contributed by atoms with Gasteiger partial charge in [0.25, 0.3) is 0 Å². The number of amides is 2. The molecule has 1 atom stereocenters. The molecule has 41 heavy (non-hydrogen) atoms. The van der Waals surface area contributed by atoms with E-state index in [1.807, 2.05) is 29.4 Å². The first-order valence-electron chi connectivity index (χ1n) is 14.7. The van der Waals surface area contributed by atoms with E-state index in [1.165, 1.54) is 22.4 Å². The third-order valence-electron chi connectivity index (χ3n) is 9.35. The van der Waals surface area contributed by atoms with Crippen molar-refractivity contribution in [2.24, 2.45) is 5.41 Å². The number of pyridine rings is 1. The van der Waals surface area contributed by atoms with E-state index in [2.05, 4.69) is 58.8 Å². The van der Waals surface area contributed by atoms with Crippen LogP contribution < -0.4 is 5.32 Å². The van der Waals surface area contributed by atoms with E-state index in [-0.39, 0.29) is 23.1 Å². The number of likely N-dealkylation sites (tertiary alicyclic amines) is 1. The second kappa shape index (κ2) is 9.26. The second-order valence-corrected chi connectivity index (χ2v) is 13.3. The lowest BCUT2D eigenvalue weighted by Gasteiger charge is -2.38. The standard InChI is InChI=1S/C32H37N7O2/c1-19-12-20-13-21(14-26(40)38-10-7-32(8-11-38)25-6-5-9-33-28(25)36-30(32)41)29-34-16-22(15-31(2,3)4)39(29)18-24(20)23-17-35-37-27(19)23/h5-6,9,12,16-17,21H,7-8,10-11,13-15,18H2,1-4H3,(H,35,37)(H,33,36,41)/t21-/m0/s1. The fraction of sp³-hybridized carbons (Fsp3) is 0.469. The molecule has 4 aromatic rings. The smallest absolute Gasteiger partial charge is 0.236 e. The van der Waals surface area contributed by atoms with Gasteiger partial charge in [-0.3, -0.25) is 14.7 Å². The lowest BCUT2D eigenvalue weighted by molar-refractivity contribution is -0.135. The predicted molar refractivity (Wildman–Crippen MR) is 157 cm³/mol. The minimum Gasteiger partial charge on any atom is -0.343 e. The number of imidazole rings is 1. The number of rotatable bonds is 3. The molecule has 1 aromatic carbocycles. The van der Waals surface area contributed by atoms with Crippen molar-refractivity contribution in [3.8, 4) is 0 Å². The van der Waals surface area contributed by atoms with Crippen molar-refractivity contribution >= 4 is 28.5 Å². The molecule has 3 aromatic heterocycles. The van der Waals surface area contributed by atoms with Gasteiger partial charge in [0.05, 0.1) is 23.7 Å². The quantitative estimate of drug-likeness (QED) is 0.386. The highest BCUT2D eigenvalue weighted by molar-refractivity contribution is 6.05. The van der Waals surface area contributed by atoms with E-state index >= 15 is 0 Å². The maximum absolute atomic E-state index is 13.9. The summed E-state index contributed by atoms with van der Waals surface area (Å²) in [5.74, 6) is 1.76. The van der Waals surface area contributed by atoms with Crippen LogP contribution in [0.25, 0.3) is 10.9 Å². The van der Waals surface area contributed by atoms with E-state index < -0.39 is 5.41 Å². The molecule has 0 unspecified atom stereocenters. The van der Waals surface area contributed by atoms with Gasteiger partial charge in [-0.15, -0.1) is 0 Å². The fourth-order valence-corrected chi connectivity index (χ4v) is 7.29. The molecule has 9 nitrogen and oxygen atoms in total. The number of fused-ring (bicyclic) bond motifs is 6. The zero-order valence-corrected chi connectivity index (χ0v) is 24.3. The Morgan fingerprint density at radius 1 is 1.17 bits per heavy atom. The monoisotopic (exact) mass is 551 g/mol. The van der Waals surface area contributed by atoms with Gasteiger partial charge in [0.2, 0.25) is 11.8 Å². The third kappa shape index (κ3) is 4.24. The summed E-state index contributed by atoms with van der Waals surface area (Å²) < 4.78 is 2.36. The number of aromatic nitrogens is 5. The Balaban J connectivity index is 1.18. The van der Waals surface area contributed by atoms with Crippen molar-refractivity contribution < 1.29 is 9.59 Å². The van der Waals surface area contributed by atoms with Crippen molar-refractivity contribution in [1.29, 1.82) is 0 Å². The number of nitrogens with zero attached hydrogens (tertiary/aromatic N) is 5. The number of aromatic amines is 1. The Morgan fingerprint density at radius 3 is 2.76 bits per heavy atom. The summed E-state index contributed by atoms with van der Waals surface area (Å²) in [7, 11) is 0. The topological polar surface area (TPSA) is 109 Å². The fourth-order valence-electron chi connectivity index (χ4n) is 7.29. The van der Waals surface area contributed by atoms with Gasteiger partial charge < -0.3 is 14.8 Å². The molecular formula is C32H37N7O2. The summed E-state index contributed by atoms with van der Waals surface area (Å²) in [5.41, 5.74) is 6.47. The number of anilines is 1. The first-order chi connectivity index (χ1) is 19.6. The molecule has 0 saturated carbocycles. The first kappa shape index (κ1) is 25.9. The number of aryl methyl sites for hydroxylation is 1. The van der Waals surface area contributed by atoms with Gasteiger partial charge >= 0.3 is 0 Å². The predicted octanol–water partition coefficient (Wildman–Crippen LogP) is 4.64. The van der Waals surface area contributed by atoms with Crippen molar-refractivity contribution in [3.63, 3.8) is 0 Å². The number of carbonyl (C=O) groups excluding carboxylic acids is 2. The molecule has 9 heteroatoms. The molecule has 1 saturated heterocycles. The molecule has 3 aliphatic heterocycles. The summed E-state index contributed by atoms with van der Waals surface area (Å²) in [4.78, 5) is 38.2. The minimum atomic E-state index is -0.590. The summed E-state index contributed by atoms with van der Waals surface area (Å²) in [6.07, 6.45) is 8.93. The average molecular weight is 552 g/mol. The molecule has 2 amide bonds. The molecule has 1 spiro atoms. The highest BCUT2D eigenvalue weighted by atomic mass is 16.2. The minimum absolute atomic E-state index is 0.00742. The average Bonchev–Trinajstić information content (AvgIpc) is 3.61. The molecule has 7 rings (SSSR count). The van der Waals surface area contributed by atoms with E-state index in [0.29, 0.717) is 38.2 Å². The van der Waals surface area contributed by atoms with Crippen LogP contribution >= 0.6 is 0 Å². The molecule has 1 fully saturated rings. The molecule has 212 valence electrons. The maximum Gasteiger partial charge on any atom is 0.236 e. The van der Waals surface area contributed by atoms with Gasteiger partial charge in [0.15, 0.2) is 0 Å². The van der Waals surface area contributed by atoms with Gasteiger partial charge in [0.1, 0.15) is 11.6 Å². The Bertz CT molecular complexity index is 1680. The van der Waals surface area contributed by atoms with Crippen LogP contribution in [0.4, 0.5) is 5.82 Å². The molecular weight excluding hydrogens is 514 g/mol. The summed E-state index contributed by atoms with van der Waals surface area (Å²) >= 11 is 0. The third-order valence-corrected chi connectivity index (χ3v) is 9.35. The van der Waals surface area contributed by atoms with Crippen molar-refractivity contribution in [3.05, 3.63) is 70.6 Å². The Labute approximate surface area is 239 Å². The zero-order valence-electron chi connectivity index (χ0n) is 24.3. The van der Waals surface area contributed by atoms with Crippen LogP contribution in [0.5, 0.6) is 0 Å². The van der Waals surface area contributed by atoms with Crippen LogP contribution in [0.3, 0.4) is 0 Å². The summed E-state index contributed by atoms with van der Waals surface area (Å²) in [6, 6.07) is 6.14. The van der Waals surface area contributed by atoms with Gasteiger partial charge in [-0.1, -0.05) is 32.9 Å². The highest BCUT2D eigenvalue weighted by Gasteiger charge is 2.49. The van der Waals surface area contributed by atoms with Crippen LogP contribution in [0.2, 0.25) is 0 Å². The summed E-state index contributed by atoms with van der Waals surface area (Å²) in [5, 5.41) is 11.6. The molecule has 6 heterocycles. The Morgan fingerprint density at radius 2 is 1.98 bits per heavy atom. The number of hydrogen-bond acceptors (Lipinski definition) is 5. The molecule has 2 N–H and O–H groups in total. The first-order valence-corrected chi connectivity index (χ1v) is 14.7. The van der Waals surface area contributed by atoms with Crippen molar-refractivity contribution in [2.75, 3.05) is 18.4 Å². The van der Waals surface area contributed by atoms with Crippen LogP contribution in [0.15, 0.2) is 36.8 Å². The molecule has 0 radical (unpaired) electrons. The van der Waals surface area contributed by atoms with Gasteiger partial charge in [-0.2, -0.15) is 5.10 Å². The van der Waals surface area contributed by atoms with Crippen molar-refractivity contribution in [1.82, 2.24) is 29.6 Å². The number of nitrogens with one attached hydrogen (secondary N) is 2. The lowest BCUT2D eigenvalue weighted by atomic mass is 9.74. The van der Waals surface area contributed by atoms with Crippen LogP contribution in [-0.2, 0) is 34.4 Å². The van der Waals surface area contributed by atoms with Crippen LogP contribution in [-0.4, -0.2) is 54.5 Å². The lowest BCUT2D eigenvalue weighted by Crippen LogP contribution is -2.48.